The van der Waals surface area contributed by atoms with Crippen molar-refractivity contribution in [2.75, 3.05) is 18.0 Å². The molecule has 5 aromatic rings. The molecule has 2 N–H and O–H groups in total. The summed E-state index contributed by atoms with van der Waals surface area (Å²) in [4.78, 5) is 33.6. The number of hydrogen-bond donors (Lipinski definition) is 2. The minimum absolute atomic E-state index is 0.104. The fourth-order valence-corrected chi connectivity index (χ4v) is 7.41. The Kier molecular flexibility index (Phi) is 8.20. The van der Waals surface area contributed by atoms with Gasteiger partial charge < -0.3 is 19.3 Å². The SMILES string of the molecule is CCCC(=O)N(CCC)c1ncc(-c2ccc3c(c2)cc2n3C(CC)Oc3cc(-c4cnc(C5CCCN5C(C)(C)C)[nH]4)ccc3-2)[nH]1. The van der Waals surface area contributed by atoms with Gasteiger partial charge in [-0.1, -0.05) is 32.9 Å². The molecule has 0 aliphatic carbocycles. The Labute approximate surface area is 277 Å². The molecule has 9 heteroatoms. The maximum Gasteiger partial charge on any atom is 0.229 e. The number of anilines is 1. The predicted octanol–water partition coefficient (Wildman–Crippen LogP) is 8.87. The second kappa shape index (κ2) is 12.3. The number of H-pyrrole nitrogens is 2. The van der Waals surface area contributed by atoms with Crippen LogP contribution in [0.5, 0.6) is 5.75 Å². The maximum absolute atomic E-state index is 12.8. The van der Waals surface area contributed by atoms with E-state index in [0.717, 1.165) is 88.5 Å². The zero-order valence-electron chi connectivity index (χ0n) is 28.6. The minimum atomic E-state index is -0.113. The van der Waals surface area contributed by atoms with Crippen LogP contribution in [0, 0.1) is 0 Å². The molecule has 3 aromatic heterocycles. The summed E-state index contributed by atoms with van der Waals surface area (Å²) in [5.74, 6) is 2.65. The van der Waals surface area contributed by atoms with Crippen LogP contribution in [-0.4, -0.2) is 53.9 Å². The highest BCUT2D eigenvalue weighted by atomic mass is 16.5. The van der Waals surface area contributed by atoms with E-state index in [4.69, 9.17) is 9.72 Å². The van der Waals surface area contributed by atoms with Gasteiger partial charge >= 0.3 is 0 Å². The van der Waals surface area contributed by atoms with Gasteiger partial charge in [0.25, 0.3) is 0 Å². The largest absolute Gasteiger partial charge is 0.469 e. The first kappa shape index (κ1) is 31.2. The lowest BCUT2D eigenvalue weighted by Crippen LogP contribution is -2.40. The molecule has 2 atom stereocenters. The van der Waals surface area contributed by atoms with Crippen molar-refractivity contribution in [1.82, 2.24) is 29.4 Å². The molecular formula is C38H47N7O2. The van der Waals surface area contributed by atoms with E-state index in [2.05, 4.69) is 102 Å². The second-order valence-electron chi connectivity index (χ2n) is 14.0. The molecular weight excluding hydrogens is 586 g/mol. The van der Waals surface area contributed by atoms with Crippen molar-refractivity contribution >= 4 is 22.8 Å². The van der Waals surface area contributed by atoms with E-state index in [0.29, 0.717) is 25.0 Å². The summed E-state index contributed by atoms with van der Waals surface area (Å²) in [5.41, 5.74) is 7.50. The molecule has 2 aliphatic heterocycles. The Morgan fingerprint density at radius 3 is 2.51 bits per heavy atom. The summed E-state index contributed by atoms with van der Waals surface area (Å²) < 4.78 is 9.00. The Bertz CT molecular complexity index is 1910. The van der Waals surface area contributed by atoms with Gasteiger partial charge in [-0.15, -0.1) is 0 Å². The number of hydrogen-bond acceptors (Lipinski definition) is 5. The van der Waals surface area contributed by atoms with Gasteiger partial charge in [-0.25, -0.2) is 9.97 Å². The fraction of sp³-hybridized carbons (Fsp3) is 0.447. The number of fused-ring (bicyclic) bond motifs is 5. The van der Waals surface area contributed by atoms with Gasteiger partial charge in [0.2, 0.25) is 11.9 Å². The molecule has 47 heavy (non-hydrogen) atoms. The smallest absolute Gasteiger partial charge is 0.229 e. The molecule has 7 rings (SSSR count). The first-order valence-corrected chi connectivity index (χ1v) is 17.3. The number of carbonyl (C=O) groups is 1. The molecule has 2 unspecified atom stereocenters. The van der Waals surface area contributed by atoms with Crippen molar-refractivity contribution in [2.45, 2.75) is 97.9 Å². The molecule has 1 fully saturated rings. The molecule has 1 amide bonds. The number of ether oxygens (including phenoxy) is 1. The third kappa shape index (κ3) is 5.64. The predicted molar refractivity (Wildman–Crippen MR) is 188 cm³/mol. The van der Waals surface area contributed by atoms with E-state index in [1.165, 1.54) is 6.42 Å². The Balaban J connectivity index is 1.19. The lowest BCUT2D eigenvalue weighted by molar-refractivity contribution is -0.118. The van der Waals surface area contributed by atoms with E-state index in [1.54, 1.807) is 4.90 Å². The van der Waals surface area contributed by atoms with E-state index >= 15 is 0 Å². The van der Waals surface area contributed by atoms with Crippen LogP contribution in [0.2, 0.25) is 0 Å². The lowest BCUT2D eigenvalue weighted by atomic mass is 10.0. The normalized spacial score (nSPS) is 17.9. The third-order valence-corrected chi connectivity index (χ3v) is 9.67. The van der Waals surface area contributed by atoms with E-state index in [-0.39, 0.29) is 17.7 Å². The molecule has 0 saturated carbocycles. The lowest BCUT2D eigenvalue weighted by Gasteiger charge is -2.36. The number of nitrogens with one attached hydrogen (secondary N) is 2. The van der Waals surface area contributed by atoms with Crippen LogP contribution in [0.3, 0.4) is 0 Å². The van der Waals surface area contributed by atoms with E-state index in [9.17, 15) is 4.79 Å². The number of aromatic amines is 2. The van der Waals surface area contributed by atoms with Crippen LogP contribution in [0.15, 0.2) is 54.9 Å². The van der Waals surface area contributed by atoms with Gasteiger partial charge in [-0.05, 0) is 83.3 Å². The summed E-state index contributed by atoms with van der Waals surface area (Å²) in [6.45, 7) is 14.9. The molecule has 0 bridgehead atoms. The number of likely N-dealkylation sites (tertiary alicyclic amines) is 1. The van der Waals surface area contributed by atoms with Gasteiger partial charge in [0, 0.05) is 47.0 Å². The summed E-state index contributed by atoms with van der Waals surface area (Å²) in [5, 5.41) is 1.14. The van der Waals surface area contributed by atoms with Crippen LogP contribution in [-0.2, 0) is 4.79 Å². The first-order chi connectivity index (χ1) is 22.7. The highest BCUT2D eigenvalue weighted by molar-refractivity contribution is 5.93. The van der Waals surface area contributed by atoms with Gasteiger partial charge in [0.15, 0.2) is 6.23 Å². The number of nitrogens with zero attached hydrogens (tertiary/aromatic N) is 5. The molecule has 0 spiro atoms. The van der Waals surface area contributed by atoms with Gasteiger partial charge in [0.05, 0.1) is 41.0 Å². The first-order valence-electron chi connectivity index (χ1n) is 17.3. The van der Waals surface area contributed by atoms with Gasteiger partial charge in [-0.3, -0.25) is 14.6 Å². The van der Waals surface area contributed by atoms with Crippen molar-refractivity contribution in [3.05, 3.63) is 60.7 Å². The van der Waals surface area contributed by atoms with E-state index < -0.39 is 0 Å². The van der Waals surface area contributed by atoms with Gasteiger partial charge in [0.1, 0.15) is 11.6 Å². The van der Waals surface area contributed by atoms with Crippen molar-refractivity contribution in [1.29, 1.82) is 0 Å². The van der Waals surface area contributed by atoms with Crippen LogP contribution < -0.4 is 9.64 Å². The summed E-state index contributed by atoms with van der Waals surface area (Å²) in [6.07, 6.45) is 9.05. The highest BCUT2D eigenvalue weighted by Gasteiger charge is 2.35. The average molecular weight is 634 g/mol. The van der Waals surface area contributed by atoms with Crippen molar-refractivity contribution in [2.24, 2.45) is 0 Å². The number of benzene rings is 2. The molecule has 5 heterocycles. The fourth-order valence-electron chi connectivity index (χ4n) is 7.41. The van der Waals surface area contributed by atoms with Crippen molar-refractivity contribution in [3.63, 3.8) is 0 Å². The maximum atomic E-state index is 12.8. The summed E-state index contributed by atoms with van der Waals surface area (Å²) in [7, 11) is 0. The number of amides is 1. The van der Waals surface area contributed by atoms with Crippen molar-refractivity contribution in [3.8, 4) is 39.5 Å². The zero-order valence-corrected chi connectivity index (χ0v) is 28.6. The number of rotatable bonds is 9. The van der Waals surface area contributed by atoms with Gasteiger partial charge in [-0.2, -0.15) is 0 Å². The molecule has 246 valence electrons. The van der Waals surface area contributed by atoms with E-state index in [1.807, 2.05) is 19.3 Å². The van der Waals surface area contributed by atoms with Crippen LogP contribution >= 0.6 is 0 Å². The Morgan fingerprint density at radius 2 is 1.74 bits per heavy atom. The Hall–Kier alpha value is -4.37. The zero-order chi connectivity index (χ0) is 32.9. The molecule has 2 aliphatic rings. The number of carbonyl (C=O) groups excluding carboxylic acids is 1. The Morgan fingerprint density at radius 1 is 0.979 bits per heavy atom. The van der Waals surface area contributed by atoms with Crippen LogP contribution in [0.1, 0.15) is 98.2 Å². The average Bonchev–Trinajstić information content (AvgIpc) is 3.87. The standard InChI is InChI=1S/C38H47N7O2/c1-7-11-34(46)43(17-8-2)37-40-23-29(42-37)24-14-16-30-26(19-24)20-32-27-15-13-25(21-33(27)47-35(9-3)45(30)32)28-22-39-36(41-28)31-12-10-18-44(31)38(4,5)6/h13-16,19-23,31,35H,7-12,17-18H2,1-6H3,(H,39,41)(H,40,42). The third-order valence-electron chi connectivity index (χ3n) is 9.67. The molecule has 9 nitrogen and oxygen atoms in total. The van der Waals surface area contributed by atoms with Crippen LogP contribution in [0.25, 0.3) is 44.7 Å². The second-order valence-corrected chi connectivity index (χ2v) is 14.0. The quantitative estimate of drug-likeness (QED) is 0.169. The molecule has 2 aromatic carbocycles. The topological polar surface area (TPSA) is 95.1 Å². The molecule has 0 radical (unpaired) electrons. The summed E-state index contributed by atoms with van der Waals surface area (Å²) >= 11 is 0. The number of aromatic nitrogens is 5. The monoisotopic (exact) mass is 633 g/mol. The minimum Gasteiger partial charge on any atom is -0.469 e. The molecule has 1 saturated heterocycles. The highest BCUT2D eigenvalue weighted by Crippen LogP contribution is 2.45. The summed E-state index contributed by atoms with van der Waals surface area (Å²) in [6, 6.07) is 15.6. The van der Waals surface area contributed by atoms with Crippen molar-refractivity contribution < 1.29 is 9.53 Å². The number of imidazole rings is 2. The van der Waals surface area contributed by atoms with Crippen LogP contribution in [0.4, 0.5) is 5.95 Å².